The molecule has 0 unspecified atom stereocenters. The van der Waals surface area contributed by atoms with Crippen molar-refractivity contribution >= 4 is 17.6 Å². The topological polar surface area (TPSA) is 55.0 Å². The molecule has 0 saturated heterocycles. The van der Waals surface area contributed by atoms with Crippen LogP contribution < -0.4 is 0 Å². The fraction of sp³-hybridized carbons (Fsp3) is 0.158. The highest BCUT2D eigenvalue weighted by Crippen LogP contribution is 2.42. The number of H-pyrrole nitrogens is 1. The van der Waals surface area contributed by atoms with E-state index in [0.29, 0.717) is 10.6 Å². The maximum Gasteiger partial charge on any atom is 0.432 e. The predicted octanol–water partition coefficient (Wildman–Crippen LogP) is 5.59. The van der Waals surface area contributed by atoms with E-state index in [4.69, 9.17) is 16.3 Å². The Labute approximate surface area is 158 Å². The van der Waals surface area contributed by atoms with E-state index in [1.54, 1.807) is 30.3 Å². The van der Waals surface area contributed by atoms with Crippen LogP contribution in [-0.4, -0.2) is 22.5 Å². The maximum absolute atomic E-state index is 13.7. The molecular weight excluding hydrogens is 381 g/mol. The van der Waals surface area contributed by atoms with Gasteiger partial charge in [0.1, 0.15) is 5.69 Å². The number of carbonyl (C=O) groups is 1. The molecule has 0 aliphatic heterocycles. The fourth-order valence-electron chi connectivity index (χ4n) is 2.75. The molecule has 2 heterocycles. The highest BCUT2D eigenvalue weighted by Gasteiger charge is 2.41. The van der Waals surface area contributed by atoms with Crippen LogP contribution in [0.1, 0.15) is 23.0 Å². The Morgan fingerprint density at radius 2 is 2.00 bits per heavy atom. The van der Waals surface area contributed by atoms with Gasteiger partial charge in [-0.3, -0.25) is 4.98 Å². The number of alkyl halides is 3. The van der Waals surface area contributed by atoms with Gasteiger partial charge in [-0.2, -0.15) is 13.2 Å². The van der Waals surface area contributed by atoms with E-state index in [2.05, 4.69) is 9.97 Å². The first-order chi connectivity index (χ1) is 12.8. The number of benzene rings is 1. The summed E-state index contributed by atoms with van der Waals surface area (Å²) in [5.41, 5.74) is -1.07. The minimum absolute atomic E-state index is 0.0173. The molecule has 0 radical (unpaired) electrons. The Morgan fingerprint density at radius 1 is 1.22 bits per heavy atom. The van der Waals surface area contributed by atoms with Gasteiger partial charge < -0.3 is 9.72 Å². The van der Waals surface area contributed by atoms with Gasteiger partial charge in [0.15, 0.2) is 0 Å². The van der Waals surface area contributed by atoms with Crippen LogP contribution in [0.5, 0.6) is 0 Å². The lowest BCUT2D eigenvalue weighted by Gasteiger charge is -2.09. The van der Waals surface area contributed by atoms with Gasteiger partial charge >= 0.3 is 12.1 Å². The molecule has 140 valence electrons. The Morgan fingerprint density at radius 3 is 2.59 bits per heavy atom. The quantitative estimate of drug-likeness (QED) is 0.586. The van der Waals surface area contributed by atoms with Gasteiger partial charge in [-0.25, -0.2) is 4.79 Å². The zero-order valence-corrected chi connectivity index (χ0v) is 14.9. The first-order valence-electron chi connectivity index (χ1n) is 8.00. The minimum Gasteiger partial charge on any atom is -0.462 e. The van der Waals surface area contributed by atoms with Crippen LogP contribution in [0.4, 0.5) is 13.2 Å². The first-order valence-corrected chi connectivity index (χ1v) is 8.38. The average Bonchev–Trinajstić information content (AvgIpc) is 3.04. The normalized spacial score (nSPS) is 11.4. The molecule has 0 amide bonds. The van der Waals surface area contributed by atoms with Gasteiger partial charge in [0.05, 0.1) is 23.6 Å². The third-order valence-corrected chi connectivity index (χ3v) is 4.03. The lowest BCUT2D eigenvalue weighted by atomic mass is 10.00. The number of halogens is 4. The lowest BCUT2D eigenvalue weighted by molar-refractivity contribution is -0.141. The lowest BCUT2D eigenvalue weighted by Crippen LogP contribution is -2.15. The second kappa shape index (κ2) is 7.44. The van der Waals surface area contributed by atoms with Crippen molar-refractivity contribution in [3.8, 4) is 22.5 Å². The number of nitrogens with zero attached hydrogens (tertiary/aromatic N) is 1. The van der Waals surface area contributed by atoms with Gasteiger partial charge in [-0.05, 0) is 31.2 Å². The third kappa shape index (κ3) is 3.83. The van der Waals surface area contributed by atoms with Crippen LogP contribution in [0, 0.1) is 0 Å². The monoisotopic (exact) mass is 394 g/mol. The summed E-state index contributed by atoms with van der Waals surface area (Å²) < 4.78 is 45.9. The Hall–Kier alpha value is -2.80. The molecule has 3 aromatic rings. The van der Waals surface area contributed by atoms with E-state index in [-0.39, 0.29) is 23.6 Å². The summed E-state index contributed by atoms with van der Waals surface area (Å²) in [5.74, 6) is -1.07. The molecule has 1 N–H and O–H groups in total. The van der Waals surface area contributed by atoms with Crippen LogP contribution >= 0.6 is 11.6 Å². The highest BCUT2D eigenvalue weighted by atomic mass is 35.5. The summed E-state index contributed by atoms with van der Waals surface area (Å²) >= 11 is 6.00. The number of aromatic amines is 1. The van der Waals surface area contributed by atoms with Gasteiger partial charge in [0.25, 0.3) is 0 Å². The van der Waals surface area contributed by atoms with E-state index >= 15 is 0 Å². The van der Waals surface area contributed by atoms with Crippen molar-refractivity contribution in [3.05, 3.63) is 64.9 Å². The summed E-state index contributed by atoms with van der Waals surface area (Å²) in [7, 11) is 0. The molecule has 27 heavy (non-hydrogen) atoms. The number of pyridine rings is 1. The number of hydrogen-bond donors (Lipinski definition) is 1. The maximum atomic E-state index is 13.7. The summed E-state index contributed by atoms with van der Waals surface area (Å²) in [6.07, 6.45) is -3.35. The van der Waals surface area contributed by atoms with Crippen molar-refractivity contribution in [1.82, 2.24) is 9.97 Å². The Balaban J connectivity index is 2.38. The second-order valence-corrected chi connectivity index (χ2v) is 6.00. The predicted molar refractivity (Wildman–Crippen MR) is 95.4 cm³/mol. The van der Waals surface area contributed by atoms with E-state index in [1.165, 1.54) is 25.3 Å². The molecule has 0 aliphatic rings. The summed E-state index contributed by atoms with van der Waals surface area (Å²) in [6, 6.07) is 11.1. The van der Waals surface area contributed by atoms with Crippen LogP contribution in [0.3, 0.4) is 0 Å². The largest absolute Gasteiger partial charge is 0.462 e. The molecular formula is C19H14ClF3N2O2. The zero-order chi connectivity index (χ0) is 19.6. The standard InChI is InChI=1S/C19H14ClF3N2O2/c1-2-27-18(26)15-14(13-8-3-4-9-24-13)16(25-17(15)19(21,22)23)11-6-5-7-12(20)10-11/h3-10,25H,2H2,1H3. The van der Waals surface area contributed by atoms with Crippen LogP contribution in [-0.2, 0) is 10.9 Å². The van der Waals surface area contributed by atoms with E-state index in [1.807, 2.05) is 0 Å². The van der Waals surface area contributed by atoms with Crippen LogP contribution in [0.25, 0.3) is 22.5 Å². The number of ether oxygens (including phenoxy) is 1. The molecule has 3 rings (SSSR count). The molecule has 0 aliphatic carbocycles. The minimum atomic E-state index is -4.79. The molecule has 0 bridgehead atoms. The van der Waals surface area contributed by atoms with Crippen molar-refractivity contribution in [1.29, 1.82) is 0 Å². The molecule has 8 heteroatoms. The van der Waals surface area contributed by atoms with Crippen molar-refractivity contribution in [2.24, 2.45) is 0 Å². The highest BCUT2D eigenvalue weighted by molar-refractivity contribution is 6.30. The third-order valence-electron chi connectivity index (χ3n) is 3.80. The summed E-state index contributed by atoms with van der Waals surface area (Å²) in [6.45, 7) is 1.46. The van der Waals surface area contributed by atoms with Crippen LogP contribution in [0.15, 0.2) is 48.7 Å². The van der Waals surface area contributed by atoms with Crippen molar-refractivity contribution < 1.29 is 22.7 Å². The number of esters is 1. The fourth-order valence-corrected chi connectivity index (χ4v) is 2.94. The molecule has 0 spiro atoms. The SMILES string of the molecule is CCOC(=O)c1c(C(F)(F)F)[nH]c(-c2cccc(Cl)c2)c1-c1ccccn1. The van der Waals surface area contributed by atoms with E-state index in [9.17, 15) is 18.0 Å². The van der Waals surface area contributed by atoms with Crippen molar-refractivity contribution in [2.45, 2.75) is 13.1 Å². The first kappa shape index (κ1) is 19.0. The number of rotatable bonds is 4. The number of carbonyl (C=O) groups excluding carboxylic acids is 1. The number of aromatic nitrogens is 2. The van der Waals surface area contributed by atoms with Gasteiger partial charge in [-0.15, -0.1) is 0 Å². The van der Waals surface area contributed by atoms with Crippen molar-refractivity contribution in [3.63, 3.8) is 0 Å². The van der Waals surface area contributed by atoms with Crippen molar-refractivity contribution in [2.75, 3.05) is 6.61 Å². The Bertz CT molecular complexity index is 969. The van der Waals surface area contributed by atoms with Gasteiger partial charge in [0.2, 0.25) is 0 Å². The van der Waals surface area contributed by atoms with E-state index in [0.717, 1.165) is 0 Å². The molecule has 4 nitrogen and oxygen atoms in total. The van der Waals surface area contributed by atoms with E-state index < -0.39 is 23.4 Å². The molecule has 2 aromatic heterocycles. The Kier molecular flexibility index (Phi) is 5.23. The van der Waals surface area contributed by atoms with Gasteiger partial charge in [0, 0.05) is 22.3 Å². The molecule has 0 fully saturated rings. The molecule has 1 aromatic carbocycles. The average molecular weight is 395 g/mol. The van der Waals surface area contributed by atoms with Gasteiger partial charge in [-0.1, -0.05) is 29.8 Å². The smallest absolute Gasteiger partial charge is 0.432 e. The number of hydrogen-bond acceptors (Lipinski definition) is 3. The molecule has 0 saturated carbocycles. The van der Waals surface area contributed by atoms with Crippen LogP contribution in [0.2, 0.25) is 5.02 Å². The second-order valence-electron chi connectivity index (χ2n) is 5.57. The number of nitrogens with one attached hydrogen (secondary N) is 1. The summed E-state index contributed by atoms with van der Waals surface area (Å²) in [5, 5.41) is 0.348. The molecule has 0 atom stereocenters. The summed E-state index contributed by atoms with van der Waals surface area (Å²) in [4.78, 5) is 18.9. The zero-order valence-electron chi connectivity index (χ0n) is 14.1.